The largest absolute Gasteiger partial charge is 0.395 e. The van der Waals surface area contributed by atoms with Gasteiger partial charge in [-0.05, 0) is 43.0 Å². The number of aromatic nitrogens is 2. The third kappa shape index (κ3) is 2.72. The minimum Gasteiger partial charge on any atom is -0.395 e. The van der Waals surface area contributed by atoms with Gasteiger partial charge < -0.3 is 9.51 Å². The molecule has 4 heteroatoms. The lowest BCUT2D eigenvalue weighted by Gasteiger charge is -2.28. The summed E-state index contributed by atoms with van der Waals surface area (Å²) in [7, 11) is 0. The zero-order valence-corrected chi connectivity index (χ0v) is 14.0. The zero-order valence-electron chi connectivity index (χ0n) is 14.0. The summed E-state index contributed by atoms with van der Waals surface area (Å²) in [5.74, 6) is 0. The number of hydrogen-bond acceptors (Lipinski definition) is 3. The Kier molecular flexibility index (Phi) is 4.08. The second-order valence-corrected chi connectivity index (χ2v) is 6.57. The lowest BCUT2D eigenvalue weighted by atomic mass is 10.1. The molecule has 1 aliphatic rings. The highest BCUT2D eigenvalue weighted by Crippen LogP contribution is 2.36. The quantitative estimate of drug-likeness (QED) is 0.785. The summed E-state index contributed by atoms with van der Waals surface area (Å²) in [6, 6.07) is 15.2. The van der Waals surface area contributed by atoms with Crippen molar-refractivity contribution in [3.05, 3.63) is 71.2 Å². The van der Waals surface area contributed by atoms with E-state index in [0.717, 1.165) is 30.7 Å². The average Bonchev–Trinajstić information content (AvgIpc) is 3.19. The third-order valence-electron chi connectivity index (χ3n) is 5.04. The van der Waals surface area contributed by atoms with E-state index in [1.165, 1.54) is 16.8 Å². The Labute approximate surface area is 142 Å². The van der Waals surface area contributed by atoms with Crippen LogP contribution < -0.4 is 0 Å². The Morgan fingerprint density at radius 1 is 1.21 bits per heavy atom. The molecule has 0 fully saturated rings. The molecule has 0 spiro atoms. The first-order chi connectivity index (χ1) is 11.8. The fraction of sp³-hybridized carbons (Fsp3) is 0.350. The molecule has 2 aromatic heterocycles. The molecule has 0 radical (unpaired) electrons. The Hall–Kier alpha value is -2.17. The van der Waals surface area contributed by atoms with Crippen LogP contribution in [0.3, 0.4) is 0 Å². The summed E-state index contributed by atoms with van der Waals surface area (Å²) >= 11 is 0. The van der Waals surface area contributed by atoms with E-state index in [-0.39, 0.29) is 6.61 Å². The summed E-state index contributed by atoms with van der Waals surface area (Å²) in [4.78, 5) is 7.13. The maximum atomic E-state index is 9.54. The number of rotatable bonds is 5. The average molecular weight is 321 g/mol. The summed E-state index contributed by atoms with van der Waals surface area (Å²) < 4.78 is 2.13. The summed E-state index contributed by atoms with van der Waals surface area (Å²) in [6.45, 7) is 3.70. The van der Waals surface area contributed by atoms with E-state index >= 15 is 0 Å². The van der Waals surface area contributed by atoms with E-state index in [1.807, 2.05) is 12.1 Å². The second-order valence-electron chi connectivity index (χ2n) is 6.57. The number of aliphatic hydroxyl groups is 1. The predicted molar refractivity (Wildman–Crippen MR) is 94.9 cm³/mol. The Balaban J connectivity index is 1.63. The van der Waals surface area contributed by atoms with Crippen molar-refractivity contribution in [1.29, 1.82) is 0 Å². The first-order valence-electron chi connectivity index (χ1n) is 8.62. The first-order valence-corrected chi connectivity index (χ1v) is 8.62. The van der Waals surface area contributed by atoms with Crippen molar-refractivity contribution in [2.45, 2.75) is 32.4 Å². The monoisotopic (exact) mass is 321 g/mol. The van der Waals surface area contributed by atoms with E-state index in [9.17, 15) is 5.11 Å². The van der Waals surface area contributed by atoms with Gasteiger partial charge in [-0.25, -0.2) is 4.98 Å². The number of hydrogen-bond donors (Lipinski definition) is 1. The van der Waals surface area contributed by atoms with E-state index in [2.05, 4.69) is 52.8 Å². The molecule has 0 bridgehead atoms. The van der Waals surface area contributed by atoms with Gasteiger partial charge in [0.2, 0.25) is 0 Å². The molecule has 1 N–H and O–H groups in total. The third-order valence-corrected chi connectivity index (χ3v) is 5.04. The fourth-order valence-corrected chi connectivity index (χ4v) is 3.87. The molecular weight excluding hydrogens is 298 g/mol. The number of fused-ring (bicyclic) bond motifs is 2. The number of pyridine rings is 1. The highest BCUT2D eigenvalue weighted by Gasteiger charge is 2.27. The molecule has 1 aromatic carbocycles. The maximum Gasteiger partial charge on any atom is 0.137 e. The van der Waals surface area contributed by atoms with Crippen LogP contribution in [0.4, 0.5) is 0 Å². The molecule has 2 heterocycles. The number of benzene rings is 1. The number of aryl methyl sites for hydroxylation is 2. The van der Waals surface area contributed by atoms with Crippen LogP contribution in [0.2, 0.25) is 0 Å². The maximum absolute atomic E-state index is 9.54. The minimum atomic E-state index is 0.172. The summed E-state index contributed by atoms with van der Waals surface area (Å²) in [5, 5.41) is 9.54. The molecule has 0 saturated carbocycles. The van der Waals surface area contributed by atoms with E-state index in [1.54, 1.807) is 0 Å². The Morgan fingerprint density at radius 3 is 2.92 bits per heavy atom. The second kappa shape index (κ2) is 6.38. The summed E-state index contributed by atoms with van der Waals surface area (Å²) in [5.41, 5.74) is 6.08. The standard InChI is InChI=1S/C20H23N3O/c1-15-5-4-8-20-21-17(14-23(15)20)13-22(11-12-24)19-10-9-16-6-2-3-7-18(16)19/h2-8,14,19,24H,9-13H2,1H3. The van der Waals surface area contributed by atoms with Gasteiger partial charge in [-0.1, -0.05) is 30.3 Å². The van der Waals surface area contributed by atoms with Crippen molar-refractivity contribution in [3.63, 3.8) is 0 Å². The number of nitrogens with zero attached hydrogens (tertiary/aromatic N) is 3. The van der Waals surface area contributed by atoms with Crippen LogP contribution in [0.5, 0.6) is 0 Å². The topological polar surface area (TPSA) is 40.8 Å². The van der Waals surface area contributed by atoms with Crippen molar-refractivity contribution in [2.75, 3.05) is 13.2 Å². The van der Waals surface area contributed by atoms with Crippen LogP contribution in [-0.2, 0) is 13.0 Å². The normalized spacial score (nSPS) is 16.9. The van der Waals surface area contributed by atoms with E-state index in [0.29, 0.717) is 12.6 Å². The molecule has 4 rings (SSSR count). The Morgan fingerprint density at radius 2 is 2.08 bits per heavy atom. The fourth-order valence-electron chi connectivity index (χ4n) is 3.87. The minimum absolute atomic E-state index is 0.172. The molecule has 0 saturated heterocycles. The zero-order chi connectivity index (χ0) is 16.5. The van der Waals surface area contributed by atoms with Crippen molar-refractivity contribution in [1.82, 2.24) is 14.3 Å². The van der Waals surface area contributed by atoms with Crippen LogP contribution in [0.1, 0.15) is 35.0 Å². The van der Waals surface area contributed by atoms with E-state index < -0.39 is 0 Å². The predicted octanol–water partition coefficient (Wildman–Crippen LogP) is 3.12. The molecule has 1 atom stereocenters. The number of imidazole rings is 1. The highest BCUT2D eigenvalue weighted by atomic mass is 16.3. The first kappa shape index (κ1) is 15.4. The van der Waals surface area contributed by atoms with Gasteiger partial charge in [-0.15, -0.1) is 0 Å². The molecule has 0 aliphatic heterocycles. The van der Waals surface area contributed by atoms with Crippen molar-refractivity contribution < 1.29 is 5.11 Å². The van der Waals surface area contributed by atoms with Gasteiger partial charge in [0.05, 0.1) is 12.3 Å². The molecule has 1 aliphatic carbocycles. The van der Waals surface area contributed by atoms with Gasteiger partial charge in [-0.3, -0.25) is 4.90 Å². The lowest BCUT2D eigenvalue weighted by Crippen LogP contribution is -2.30. The van der Waals surface area contributed by atoms with Gasteiger partial charge >= 0.3 is 0 Å². The molecule has 1 unspecified atom stereocenters. The van der Waals surface area contributed by atoms with Gasteiger partial charge in [-0.2, -0.15) is 0 Å². The lowest BCUT2D eigenvalue weighted by molar-refractivity contribution is 0.141. The van der Waals surface area contributed by atoms with Crippen LogP contribution in [0, 0.1) is 6.92 Å². The van der Waals surface area contributed by atoms with Gasteiger partial charge in [0, 0.05) is 31.0 Å². The summed E-state index contributed by atoms with van der Waals surface area (Å²) in [6.07, 6.45) is 4.36. The molecule has 124 valence electrons. The number of aliphatic hydroxyl groups excluding tert-OH is 1. The van der Waals surface area contributed by atoms with E-state index in [4.69, 9.17) is 4.98 Å². The SMILES string of the molecule is Cc1cccc2nc(CN(CCO)C3CCc4ccccc43)cn12. The van der Waals surface area contributed by atoms with Crippen LogP contribution in [0.25, 0.3) is 5.65 Å². The molecule has 4 nitrogen and oxygen atoms in total. The van der Waals surface area contributed by atoms with Crippen LogP contribution in [-0.4, -0.2) is 32.5 Å². The van der Waals surface area contributed by atoms with Gasteiger partial charge in [0.15, 0.2) is 0 Å². The van der Waals surface area contributed by atoms with Crippen LogP contribution >= 0.6 is 0 Å². The van der Waals surface area contributed by atoms with Gasteiger partial charge in [0.1, 0.15) is 5.65 Å². The molecule has 0 amide bonds. The molecular formula is C20H23N3O. The van der Waals surface area contributed by atoms with Gasteiger partial charge in [0.25, 0.3) is 0 Å². The molecule has 24 heavy (non-hydrogen) atoms. The van der Waals surface area contributed by atoms with Crippen molar-refractivity contribution >= 4 is 5.65 Å². The Bertz CT molecular complexity index is 855. The van der Waals surface area contributed by atoms with Crippen molar-refractivity contribution in [2.24, 2.45) is 0 Å². The molecule has 3 aromatic rings. The van der Waals surface area contributed by atoms with Crippen molar-refractivity contribution in [3.8, 4) is 0 Å². The highest BCUT2D eigenvalue weighted by molar-refractivity contribution is 5.41. The van der Waals surface area contributed by atoms with Crippen LogP contribution in [0.15, 0.2) is 48.7 Å². The smallest absolute Gasteiger partial charge is 0.137 e.